The van der Waals surface area contributed by atoms with Crippen molar-refractivity contribution in [3.8, 4) is 5.75 Å². The number of urea groups is 1. The number of benzene rings is 2. The number of hydrogen-bond acceptors (Lipinski definition) is 7. The van der Waals surface area contributed by atoms with Crippen LogP contribution in [0.15, 0.2) is 91.8 Å². The summed E-state index contributed by atoms with van der Waals surface area (Å²) in [5.74, 6) is -0.654. The second-order valence-corrected chi connectivity index (χ2v) is 11.0. The number of anilines is 1. The molecule has 45 heavy (non-hydrogen) atoms. The van der Waals surface area contributed by atoms with Gasteiger partial charge in [-0.05, 0) is 41.8 Å². The second-order valence-electron chi connectivity index (χ2n) is 11.0. The SMILES string of the molecule is C=CCN1CC(=O)N2C(CN(CCCC(=O)Nc3cccnc3)C(=O)[C@@H]2Cc2ccc(O)cc2)N1C(=O)NCc1ccccc1. The molecule has 1 aromatic heterocycles. The van der Waals surface area contributed by atoms with E-state index in [1.807, 2.05) is 30.3 Å². The average Bonchev–Trinajstić information content (AvgIpc) is 3.04. The highest BCUT2D eigenvalue weighted by Gasteiger charge is 2.51. The van der Waals surface area contributed by atoms with Crippen LogP contribution in [-0.4, -0.2) is 92.0 Å². The minimum absolute atomic E-state index is 0.0767. The van der Waals surface area contributed by atoms with E-state index < -0.39 is 18.2 Å². The number of phenolic OH excluding ortho intramolecular Hbond substituents is 1. The highest BCUT2D eigenvalue weighted by atomic mass is 16.3. The molecule has 0 spiro atoms. The topological polar surface area (TPSA) is 138 Å². The number of aromatic hydroxyl groups is 1. The van der Waals surface area contributed by atoms with Crippen molar-refractivity contribution in [2.75, 3.05) is 31.5 Å². The zero-order chi connectivity index (χ0) is 31.8. The Balaban J connectivity index is 1.38. The summed E-state index contributed by atoms with van der Waals surface area (Å²) in [4.78, 5) is 61.2. The highest BCUT2D eigenvalue weighted by molar-refractivity contribution is 5.92. The van der Waals surface area contributed by atoms with Crippen LogP contribution >= 0.6 is 0 Å². The quantitative estimate of drug-likeness (QED) is 0.284. The monoisotopic (exact) mass is 611 g/mol. The number of nitrogens with one attached hydrogen (secondary N) is 2. The van der Waals surface area contributed by atoms with E-state index >= 15 is 0 Å². The number of carbonyl (C=O) groups is 4. The number of piperazine rings is 1. The molecule has 0 radical (unpaired) electrons. The molecule has 3 N–H and O–H groups in total. The summed E-state index contributed by atoms with van der Waals surface area (Å²) in [5.41, 5.74) is 2.26. The standard InChI is InChI=1S/C33H37N7O5/c1-2-17-38-23-31(43)39-28(19-24-12-14-27(41)15-13-24)32(44)37(18-7-11-29(42)36-26-10-6-16-34-21-26)22-30(39)40(38)33(45)35-20-25-8-4-3-5-9-25/h2-6,8-10,12-16,21,28,30,41H,1,7,11,17-20,22-23H2,(H,35,45)(H,36,42)/t28-,30?/m0/s1. The van der Waals surface area contributed by atoms with Crippen molar-refractivity contribution in [1.82, 2.24) is 30.1 Å². The maximum absolute atomic E-state index is 14.0. The fourth-order valence-electron chi connectivity index (χ4n) is 5.70. The number of aromatic nitrogens is 1. The van der Waals surface area contributed by atoms with Gasteiger partial charge in [0.2, 0.25) is 17.7 Å². The number of nitrogens with zero attached hydrogens (tertiary/aromatic N) is 5. The van der Waals surface area contributed by atoms with Gasteiger partial charge >= 0.3 is 6.03 Å². The molecule has 0 saturated carbocycles. The molecule has 12 heteroatoms. The van der Waals surface area contributed by atoms with Gasteiger partial charge in [-0.1, -0.05) is 48.5 Å². The molecule has 2 aromatic carbocycles. The fraction of sp³-hybridized carbons (Fsp3) is 0.303. The van der Waals surface area contributed by atoms with Crippen molar-refractivity contribution in [2.24, 2.45) is 0 Å². The van der Waals surface area contributed by atoms with Crippen molar-refractivity contribution in [3.63, 3.8) is 0 Å². The Kier molecular flexibility index (Phi) is 10.1. The summed E-state index contributed by atoms with van der Waals surface area (Å²) < 4.78 is 0. The maximum atomic E-state index is 14.0. The van der Waals surface area contributed by atoms with Crippen LogP contribution in [0.5, 0.6) is 5.75 Å². The molecule has 3 aromatic rings. The van der Waals surface area contributed by atoms with Crippen LogP contribution in [0, 0.1) is 0 Å². The van der Waals surface area contributed by atoms with E-state index in [1.165, 1.54) is 22.0 Å². The molecule has 2 aliphatic heterocycles. The first kappa shape index (κ1) is 31.2. The zero-order valence-corrected chi connectivity index (χ0v) is 24.9. The van der Waals surface area contributed by atoms with Crippen LogP contribution in [0.3, 0.4) is 0 Å². The smallest absolute Gasteiger partial charge is 0.334 e. The minimum atomic E-state index is -0.889. The summed E-state index contributed by atoms with van der Waals surface area (Å²) >= 11 is 0. The van der Waals surface area contributed by atoms with Crippen molar-refractivity contribution in [3.05, 3.63) is 103 Å². The lowest BCUT2D eigenvalue weighted by Crippen LogP contribution is -2.76. The van der Waals surface area contributed by atoms with Gasteiger partial charge in [0.15, 0.2) is 0 Å². The molecule has 12 nitrogen and oxygen atoms in total. The normalized spacial score (nSPS) is 18.4. The Morgan fingerprint density at radius 2 is 1.80 bits per heavy atom. The first-order valence-electron chi connectivity index (χ1n) is 14.9. The van der Waals surface area contributed by atoms with Gasteiger partial charge < -0.3 is 25.5 Å². The van der Waals surface area contributed by atoms with E-state index in [9.17, 15) is 24.3 Å². The molecule has 1 unspecified atom stereocenters. The molecule has 2 atom stereocenters. The minimum Gasteiger partial charge on any atom is -0.508 e. The molecular formula is C33H37N7O5. The number of phenols is 1. The van der Waals surface area contributed by atoms with E-state index in [-0.39, 0.29) is 69.0 Å². The number of hydrazine groups is 1. The van der Waals surface area contributed by atoms with Gasteiger partial charge in [0.25, 0.3) is 0 Å². The van der Waals surface area contributed by atoms with E-state index in [1.54, 1.807) is 52.6 Å². The van der Waals surface area contributed by atoms with Gasteiger partial charge in [0.05, 0.1) is 25.0 Å². The number of amides is 5. The molecule has 5 rings (SSSR count). The van der Waals surface area contributed by atoms with Crippen LogP contribution in [-0.2, 0) is 27.3 Å². The maximum Gasteiger partial charge on any atom is 0.334 e. The van der Waals surface area contributed by atoms with Crippen LogP contribution < -0.4 is 10.6 Å². The first-order chi connectivity index (χ1) is 21.8. The first-order valence-corrected chi connectivity index (χ1v) is 14.9. The predicted molar refractivity (Wildman–Crippen MR) is 167 cm³/mol. The Morgan fingerprint density at radius 1 is 1.02 bits per heavy atom. The van der Waals surface area contributed by atoms with Gasteiger partial charge in [0, 0.05) is 38.7 Å². The van der Waals surface area contributed by atoms with Crippen LogP contribution in [0.4, 0.5) is 10.5 Å². The van der Waals surface area contributed by atoms with Gasteiger partial charge in [-0.2, -0.15) is 0 Å². The van der Waals surface area contributed by atoms with Crippen LogP contribution in [0.1, 0.15) is 24.0 Å². The van der Waals surface area contributed by atoms with Gasteiger partial charge in [-0.25, -0.2) is 14.8 Å². The van der Waals surface area contributed by atoms with Crippen molar-refractivity contribution >= 4 is 29.4 Å². The lowest BCUT2D eigenvalue weighted by Gasteiger charge is -2.55. The summed E-state index contributed by atoms with van der Waals surface area (Å²) in [5, 5.41) is 18.7. The number of hydrogen-bond donors (Lipinski definition) is 3. The molecule has 0 aliphatic carbocycles. The van der Waals surface area contributed by atoms with Crippen molar-refractivity contribution < 1.29 is 24.3 Å². The third-order valence-electron chi connectivity index (χ3n) is 7.81. The molecule has 2 fully saturated rings. The molecule has 2 aliphatic rings. The zero-order valence-electron chi connectivity index (χ0n) is 24.9. The lowest BCUT2D eigenvalue weighted by molar-refractivity contribution is -0.189. The largest absolute Gasteiger partial charge is 0.508 e. The fourth-order valence-corrected chi connectivity index (χ4v) is 5.70. The third-order valence-corrected chi connectivity index (χ3v) is 7.81. The van der Waals surface area contributed by atoms with Crippen molar-refractivity contribution in [1.29, 1.82) is 0 Å². The predicted octanol–water partition coefficient (Wildman–Crippen LogP) is 2.74. The van der Waals surface area contributed by atoms with Gasteiger partial charge in [-0.15, -0.1) is 6.58 Å². The van der Waals surface area contributed by atoms with E-state index in [0.717, 1.165) is 11.1 Å². The Hall–Kier alpha value is -5.23. The molecule has 0 bridgehead atoms. The molecule has 234 valence electrons. The van der Waals surface area contributed by atoms with Crippen molar-refractivity contribution in [2.45, 2.75) is 38.0 Å². The Morgan fingerprint density at radius 3 is 2.51 bits per heavy atom. The lowest BCUT2D eigenvalue weighted by atomic mass is 9.98. The highest BCUT2D eigenvalue weighted by Crippen LogP contribution is 2.29. The Bertz CT molecular complexity index is 1500. The number of carbonyl (C=O) groups excluding carboxylic acids is 4. The van der Waals surface area contributed by atoms with Gasteiger partial charge in [-0.3, -0.25) is 19.4 Å². The van der Waals surface area contributed by atoms with E-state index in [4.69, 9.17) is 0 Å². The van der Waals surface area contributed by atoms with E-state index in [0.29, 0.717) is 12.1 Å². The Labute approximate surface area is 261 Å². The molecule has 2 saturated heterocycles. The summed E-state index contributed by atoms with van der Waals surface area (Å²) in [7, 11) is 0. The molecule has 5 amide bonds. The summed E-state index contributed by atoms with van der Waals surface area (Å²) in [6, 6.07) is 18.2. The number of pyridine rings is 1. The van der Waals surface area contributed by atoms with Crippen LogP contribution in [0.2, 0.25) is 0 Å². The molecular weight excluding hydrogens is 574 g/mol. The second kappa shape index (κ2) is 14.5. The van der Waals surface area contributed by atoms with E-state index in [2.05, 4.69) is 22.2 Å². The third kappa shape index (κ3) is 7.65. The molecule has 3 heterocycles. The van der Waals surface area contributed by atoms with Crippen LogP contribution in [0.25, 0.3) is 0 Å². The average molecular weight is 612 g/mol. The summed E-state index contributed by atoms with van der Waals surface area (Å²) in [6.07, 6.45) is 4.75. The number of fused-ring (bicyclic) bond motifs is 1. The van der Waals surface area contributed by atoms with Gasteiger partial charge in [0.1, 0.15) is 18.0 Å². The summed E-state index contributed by atoms with van der Waals surface area (Å²) in [6.45, 7) is 4.57. The number of rotatable bonds is 11.